The summed E-state index contributed by atoms with van der Waals surface area (Å²) in [6.07, 6.45) is 18.1. The van der Waals surface area contributed by atoms with Crippen LogP contribution in [0.3, 0.4) is 0 Å². The zero-order chi connectivity index (χ0) is 22.6. The number of allylic oxidation sites excluding steroid dienone is 10. The Morgan fingerprint density at radius 2 is 1.97 bits per heavy atom. The summed E-state index contributed by atoms with van der Waals surface area (Å²) in [7, 11) is 0. The Hall–Kier alpha value is -2.87. The third-order valence-electron chi connectivity index (χ3n) is 5.51. The first kappa shape index (κ1) is 24.4. The molecule has 2 rings (SSSR count). The van der Waals surface area contributed by atoms with Gasteiger partial charge in [0.15, 0.2) is 0 Å². The summed E-state index contributed by atoms with van der Waals surface area (Å²) in [6, 6.07) is 8.35. The second-order valence-corrected chi connectivity index (χ2v) is 8.26. The van der Waals surface area contributed by atoms with Gasteiger partial charge in [-0.2, -0.15) is 0 Å². The van der Waals surface area contributed by atoms with Crippen LogP contribution in [0.5, 0.6) is 0 Å². The SMILES string of the molecule is C=CC(/C=C\C)=C(/CCCCCC(=C)C1=CC=CC1C)N=C(C)Nc1cccc(C)c1. The zero-order valence-corrected chi connectivity index (χ0v) is 19.7. The molecule has 0 heterocycles. The molecule has 0 fully saturated rings. The lowest BCUT2D eigenvalue weighted by molar-refractivity contribution is 0.667. The van der Waals surface area contributed by atoms with Gasteiger partial charge >= 0.3 is 0 Å². The first-order valence-electron chi connectivity index (χ1n) is 11.4. The maximum Gasteiger partial charge on any atom is 0.103 e. The molecule has 1 aliphatic rings. The number of hydrogen-bond donors (Lipinski definition) is 1. The second-order valence-electron chi connectivity index (χ2n) is 8.26. The standard InChI is InChI=1S/C29H38N2/c1-7-14-26(8-2)29(31-25(6)30-27-18-12-15-22(3)21-27)20-11-9-10-16-23(4)28-19-13-17-24(28)5/h7-8,12-15,17-19,21,24H,2,4,9-11,16,20H2,1,3,5-6H3,(H,30,31)/b14-7-,29-26+. The lowest BCUT2D eigenvalue weighted by Crippen LogP contribution is -2.08. The Bertz CT molecular complexity index is 922. The molecule has 0 aliphatic heterocycles. The minimum absolute atomic E-state index is 0.510. The topological polar surface area (TPSA) is 24.4 Å². The van der Waals surface area contributed by atoms with E-state index < -0.39 is 0 Å². The minimum atomic E-state index is 0.510. The van der Waals surface area contributed by atoms with Crippen LogP contribution in [0.15, 0.2) is 101 Å². The molecule has 0 radical (unpaired) electrons. The van der Waals surface area contributed by atoms with E-state index in [-0.39, 0.29) is 0 Å². The van der Waals surface area contributed by atoms with E-state index in [1.807, 2.05) is 26.0 Å². The van der Waals surface area contributed by atoms with E-state index in [4.69, 9.17) is 4.99 Å². The Morgan fingerprint density at radius 3 is 2.61 bits per heavy atom. The van der Waals surface area contributed by atoms with E-state index in [9.17, 15) is 0 Å². The molecule has 0 aromatic heterocycles. The van der Waals surface area contributed by atoms with Crippen LogP contribution in [0.2, 0.25) is 0 Å². The molecule has 2 nitrogen and oxygen atoms in total. The van der Waals surface area contributed by atoms with Crippen LogP contribution in [0.4, 0.5) is 5.69 Å². The largest absolute Gasteiger partial charge is 0.344 e. The fourth-order valence-corrected chi connectivity index (χ4v) is 3.86. The fraction of sp³-hybridized carbons (Fsp3) is 0.345. The third-order valence-corrected chi connectivity index (χ3v) is 5.51. The van der Waals surface area contributed by atoms with Crippen LogP contribution in [0.1, 0.15) is 58.4 Å². The predicted octanol–water partition coefficient (Wildman–Crippen LogP) is 8.48. The Morgan fingerprint density at radius 1 is 1.19 bits per heavy atom. The van der Waals surface area contributed by atoms with Gasteiger partial charge in [-0.15, -0.1) is 0 Å². The van der Waals surface area contributed by atoms with Crippen LogP contribution in [0, 0.1) is 12.8 Å². The van der Waals surface area contributed by atoms with Gasteiger partial charge in [-0.05, 0) is 81.2 Å². The van der Waals surface area contributed by atoms with E-state index in [1.165, 1.54) is 16.7 Å². The fourth-order valence-electron chi connectivity index (χ4n) is 3.86. The van der Waals surface area contributed by atoms with Gasteiger partial charge in [0, 0.05) is 11.4 Å². The summed E-state index contributed by atoms with van der Waals surface area (Å²) in [5, 5.41) is 3.42. The molecule has 1 N–H and O–H groups in total. The maximum absolute atomic E-state index is 4.92. The molecule has 1 aromatic carbocycles. The second kappa shape index (κ2) is 12.7. The smallest absolute Gasteiger partial charge is 0.103 e. The molecule has 0 saturated heterocycles. The summed E-state index contributed by atoms with van der Waals surface area (Å²) in [4.78, 5) is 4.92. The van der Waals surface area contributed by atoms with Gasteiger partial charge in [-0.3, -0.25) is 0 Å². The van der Waals surface area contributed by atoms with Crippen LogP contribution >= 0.6 is 0 Å². The number of amidine groups is 1. The summed E-state index contributed by atoms with van der Waals surface area (Å²) in [6.45, 7) is 16.7. The van der Waals surface area contributed by atoms with Crippen molar-refractivity contribution in [2.24, 2.45) is 10.9 Å². The quantitative estimate of drug-likeness (QED) is 0.167. The van der Waals surface area contributed by atoms with Crippen molar-refractivity contribution < 1.29 is 0 Å². The molecule has 1 atom stereocenters. The molecular formula is C29H38N2. The zero-order valence-electron chi connectivity index (χ0n) is 19.7. The van der Waals surface area contributed by atoms with Crippen LogP contribution in [0.25, 0.3) is 0 Å². The van der Waals surface area contributed by atoms with Crippen molar-refractivity contribution in [2.45, 2.75) is 59.8 Å². The van der Waals surface area contributed by atoms with E-state index in [0.717, 1.165) is 54.9 Å². The molecule has 0 bridgehead atoms. The van der Waals surface area contributed by atoms with Gasteiger partial charge in [0.25, 0.3) is 0 Å². The van der Waals surface area contributed by atoms with Crippen molar-refractivity contribution in [3.8, 4) is 0 Å². The van der Waals surface area contributed by atoms with E-state index in [2.05, 4.69) is 80.9 Å². The molecule has 0 spiro atoms. The molecule has 2 heteroatoms. The lowest BCUT2D eigenvalue weighted by atomic mass is 9.94. The summed E-state index contributed by atoms with van der Waals surface area (Å²) < 4.78 is 0. The number of aryl methyl sites for hydroxylation is 1. The number of benzene rings is 1. The normalized spacial score (nSPS) is 17.0. The van der Waals surface area contributed by atoms with Crippen LogP contribution in [-0.2, 0) is 0 Å². The van der Waals surface area contributed by atoms with Gasteiger partial charge in [0.05, 0.1) is 0 Å². The monoisotopic (exact) mass is 414 g/mol. The highest BCUT2D eigenvalue weighted by atomic mass is 15.0. The highest BCUT2D eigenvalue weighted by Crippen LogP contribution is 2.28. The highest BCUT2D eigenvalue weighted by molar-refractivity contribution is 5.94. The van der Waals surface area contributed by atoms with Gasteiger partial charge in [-0.25, -0.2) is 4.99 Å². The number of aliphatic imine (C=N–C) groups is 1. The van der Waals surface area contributed by atoms with Gasteiger partial charge in [0.1, 0.15) is 5.84 Å². The molecule has 1 aliphatic carbocycles. The Labute approximate surface area is 189 Å². The van der Waals surface area contributed by atoms with E-state index in [1.54, 1.807) is 0 Å². The van der Waals surface area contributed by atoms with Crippen molar-refractivity contribution in [3.05, 3.63) is 102 Å². The Kier molecular flexibility index (Phi) is 10.0. The number of nitrogens with one attached hydrogen (secondary N) is 1. The van der Waals surface area contributed by atoms with Gasteiger partial charge < -0.3 is 5.32 Å². The van der Waals surface area contributed by atoms with Crippen molar-refractivity contribution in [2.75, 3.05) is 5.32 Å². The number of hydrogen-bond acceptors (Lipinski definition) is 1. The number of nitrogens with zero attached hydrogens (tertiary/aromatic N) is 1. The molecular weight excluding hydrogens is 376 g/mol. The summed E-state index contributed by atoms with van der Waals surface area (Å²) >= 11 is 0. The number of rotatable bonds is 11. The van der Waals surface area contributed by atoms with Crippen LogP contribution in [-0.4, -0.2) is 5.84 Å². The molecule has 1 unspecified atom stereocenters. The highest BCUT2D eigenvalue weighted by Gasteiger charge is 2.12. The Balaban J connectivity index is 1.96. The summed E-state index contributed by atoms with van der Waals surface area (Å²) in [5.74, 6) is 1.41. The molecule has 0 amide bonds. The molecule has 31 heavy (non-hydrogen) atoms. The van der Waals surface area contributed by atoms with Crippen molar-refractivity contribution in [1.82, 2.24) is 0 Å². The van der Waals surface area contributed by atoms with Crippen LogP contribution < -0.4 is 5.32 Å². The van der Waals surface area contributed by atoms with Crippen molar-refractivity contribution >= 4 is 11.5 Å². The first-order valence-corrected chi connectivity index (χ1v) is 11.4. The number of unbranched alkanes of at least 4 members (excludes halogenated alkanes) is 2. The predicted molar refractivity (Wildman–Crippen MR) is 139 cm³/mol. The molecule has 1 aromatic rings. The summed E-state index contributed by atoms with van der Waals surface area (Å²) in [5.41, 5.74) is 7.15. The molecule has 0 saturated carbocycles. The first-order chi connectivity index (χ1) is 14.9. The average Bonchev–Trinajstić information content (AvgIpc) is 3.16. The van der Waals surface area contributed by atoms with Crippen molar-refractivity contribution in [3.63, 3.8) is 0 Å². The third kappa shape index (κ3) is 8.05. The van der Waals surface area contributed by atoms with E-state index in [0.29, 0.717) is 5.92 Å². The van der Waals surface area contributed by atoms with Gasteiger partial charge in [0.2, 0.25) is 0 Å². The average molecular weight is 415 g/mol. The van der Waals surface area contributed by atoms with Crippen molar-refractivity contribution in [1.29, 1.82) is 0 Å². The molecule has 164 valence electrons. The van der Waals surface area contributed by atoms with Gasteiger partial charge in [-0.1, -0.05) is 80.7 Å². The number of anilines is 1. The lowest BCUT2D eigenvalue weighted by Gasteiger charge is -2.12. The maximum atomic E-state index is 4.92. The minimum Gasteiger partial charge on any atom is -0.344 e. The van der Waals surface area contributed by atoms with E-state index >= 15 is 0 Å².